The minimum atomic E-state index is -3.24. The summed E-state index contributed by atoms with van der Waals surface area (Å²) in [5.74, 6) is 0.647. The first-order valence-electron chi connectivity index (χ1n) is 5.29. The van der Waals surface area contributed by atoms with Crippen molar-refractivity contribution in [3.63, 3.8) is 0 Å². The minimum absolute atomic E-state index is 0.190. The first-order valence-corrected chi connectivity index (χ1v) is 7.18. The van der Waals surface area contributed by atoms with Crippen LogP contribution in [-0.2, 0) is 9.84 Å². The van der Waals surface area contributed by atoms with Crippen molar-refractivity contribution >= 4 is 15.6 Å². The standard InChI is InChI=1S/C13H12O4S/c1-9-3-8-12(17-9)13(14)10-4-6-11(7-5-10)18(2,15)16/h3-8H,1-2H3. The largest absolute Gasteiger partial charge is 0.458 e. The van der Waals surface area contributed by atoms with Gasteiger partial charge in [0.1, 0.15) is 5.76 Å². The number of sulfone groups is 1. The molecule has 0 unspecified atom stereocenters. The molecule has 0 aliphatic carbocycles. The van der Waals surface area contributed by atoms with Crippen molar-refractivity contribution in [1.82, 2.24) is 0 Å². The summed E-state index contributed by atoms with van der Waals surface area (Å²) < 4.78 is 27.8. The van der Waals surface area contributed by atoms with Crippen LogP contribution < -0.4 is 0 Å². The molecule has 18 heavy (non-hydrogen) atoms. The molecule has 2 aromatic rings. The summed E-state index contributed by atoms with van der Waals surface area (Å²) in [4.78, 5) is 12.2. The molecular weight excluding hydrogens is 252 g/mol. The van der Waals surface area contributed by atoms with Crippen molar-refractivity contribution in [3.8, 4) is 0 Å². The van der Waals surface area contributed by atoms with Gasteiger partial charge >= 0.3 is 0 Å². The van der Waals surface area contributed by atoms with Crippen LogP contribution in [0.4, 0.5) is 0 Å². The number of carbonyl (C=O) groups is 1. The summed E-state index contributed by atoms with van der Waals surface area (Å²) in [5, 5.41) is 0. The average molecular weight is 264 g/mol. The maximum Gasteiger partial charge on any atom is 0.228 e. The quantitative estimate of drug-likeness (QED) is 0.797. The Bertz CT molecular complexity index is 678. The average Bonchev–Trinajstić information content (AvgIpc) is 2.74. The van der Waals surface area contributed by atoms with Crippen LogP contribution >= 0.6 is 0 Å². The van der Waals surface area contributed by atoms with Crippen molar-refractivity contribution in [1.29, 1.82) is 0 Å². The Morgan fingerprint density at radius 2 is 1.67 bits per heavy atom. The molecule has 1 aromatic heterocycles. The van der Waals surface area contributed by atoms with E-state index in [1.807, 2.05) is 0 Å². The molecule has 5 heteroatoms. The monoisotopic (exact) mass is 264 g/mol. The summed E-state index contributed by atoms with van der Waals surface area (Å²) in [6.07, 6.45) is 1.12. The predicted octanol–water partition coefficient (Wildman–Crippen LogP) is 2.22. The summed E-state index contributed by atoms with van der Waals surface area (Å²) in [7, 11) is -3.24. The third kappa shape index (κ3) is 2.51. The van der Waals surface area contributed by atoms with Gasteiger partial charge in [0.25, 0.3) is 0 Å². The lowest BCUT2D eigenvalue weighted by atomic mass is 10.1. The number of benzene rings is 1. The summed E-state index contributed by atoms with van der Waals surface area (Å²) in [6, 6.07) is 9.10. The molecule has 0 N–H and O–H groups in total. The van der Waals surface area contributed by atoms with Crippen molar-refractivity contribution in [2.75, 3.05) is 6.26 Å². The van der Waals surface area contributed by atoms with Crippen LogP contribution in [-0.4, -0.2) is 20.5 Å². The molecule has 1 aromatic carbocycles. The zero-order valence-electron chi connectivity index (χ0n) is 10.0. The van der Waals surface area contributed by atoms with Crippen LogP contribution in [0.2, 0.25) is 0 Å². The van der Waals surface area contributed by atoms with Crippen LogP contribution in [0, 0.1) is 6.92 Å². The van der Waals surface area contributed by atoms with E-state index in [0.29, 0.717) is 11.3 Å². The van der Waals surface area contributed by atoms with Gasteiger partial charge in [0.15, 0.2) is 15.6 Å². The van der Waals surface area contributed by atoms with Gasteiger partial charge in [-0.05, 0) is 43.3 Å². The number of aryl methyl sites for hydroxylation is 1. The van der Waals surface area contributed by atoms with Crippen LogP contribution in [0.3, 0.4) is 0 Å². The van der Waals surface area contributed by atoms with Gasteiger partial charge in [0.05, 0.1) is 4.90 Å². The second-order valence-corrected chi connectivity index (χ2v) is 6.05. The van der Waals surface area contributed by atoms with Crippen LogP contribution in [0.25, 0.3) is 0 Å². The van der Waals surface area contributed by atoms with Crippen molar-refractivity contribution in [3.05, 3.63) is 53.5 Å². The molecule has 4 nitrogen and oxygen atoms in total. The highest BCUT2D eigenvalue weighted by Gasteiger charge is 2.14. The van der Waals surface area contributed by atoms with Gasteiger partial charge in [-0.15, -0.1) is 0 Å². The SMILES string of the molecule is Cc1ccc(C(=O)c2ccc(S(C)(=O)=O)cc2)o1. The maximum atomic E-state index is 12.0. The molecule has 2 rings (SSSR count). The van der Waals surface area contributed by atoms with Gasteiger partial charge in [-0.1, -0.05) is 0 Å². The summed E-state index contributed by atoms with van der Waals surface area (Å²) >= 11 is 0. The number of ketones is 1. The van der Waals surface area contributed by atoms with Gasteiger partial charge in [-0.25, -0.2) is 8.42 Å². The minimum Gasteiger partial charge on any atom is -0.458 e. The van der Waals surface area contributed by atoms with Gasteiger partial charge < -0.3 is 4.42 Å². The van der Waals surface area contributed by atoms with Gasteiger partial charge in [-0.3, -0.25) is 4.79 Å². The molecule has 0 aliphatic heterocycles. The normalized spacial score (nSPS) is 11.4. The van der Waals surface area contributed by atoms with Crippen LogP contribution in [0.1, 0.15) is 21.9 Å². The number of rotatable bonds is 3. The number of hydrogen-bond donors (Lipinski definition) is 0. The Labute approximate surface area is 105 Å². The zero-order valence-corrected chi connectivity index (χ0v) is 10.8. The van der Waals surface area contributed by atoms with Crippen molar-refractivity contribution < 1.29 is 17.6 Å². The number of furan rings is 1. The number of hydrogen-bond acceptors (Lipinski definition) is 4. The second kappa shape index (κ2) is 4.42. The third-order valence-corrected chi connectivity index (χ3v) is 3.64. The summed E-state index contributed by atoms with van der Waals surface area (Å²) in [5.41, 5.74) is 0.400. The maximum absolute atomic E-state index is 12.0. The van der Waals surface area contributed by atoms with Gasteiger partial charge in [0, 0.05) is 11.8 Å². The van der Waals surface area contributed by atoms with E-state index in [1.165, 1.54) is 24.3 Å². The van der Waals surface area contributed by atoms with E-state index in [1.54, 1.807) is 19.1 Å². The molecule has 0 atom stereocenters. The topological polar surface area (TPSA) is 64.3 Å². The number of carbonyl (C=O) groups excluding carboxylic acids is 1. The highest BCUT2D eigenvalue weighted by atomic mass is 32.2. The molecule has 0 aliphatic rings. The first-order chi connectivity index (χ1) is 8.38. The van der Waals surface area contributed by atoms with E-state index in [2.05, 4.69) is 0 Å². The highest BCUT2D eigenvalue weighted by Crippen LogP contribution is 2.15. The Kier molecular flexibility index (Phi) is 3.09. The predicted molar refractivity (Wildman–Crippen MR) is 66.4 cm³/mol. The molecule has 0 saturated heterocycles. The fourth-order valence-electron chi connectivity index (χ4n) is 1.55. The van der Waals surface area contributed by atoms with E-state index in [4.69, 9.17) is 4.42 Å². The van der Waals surface area contributed by atoms with Gasteiger partial charge in [-0.2, -0.15) is 0 Å². The van der Waals surface area contributed by atoms with E-state index in [-0.39, 0.29) is 16.4 Å². The van der Waals surface area contributed by atoms with Crippen LogP contribution in [0.5, 0.6) is 0 Å². The third-order valence-electron chi connectivity index (χ3n) is 2.51. The Hall–Kier alpha value is -1.88. The molecule has 0 spiro atoms. The molecule has 94 valence electrons. The smallest absolute Gasteiger partial charge is 0.228 e. The molecule has 1 heterocycles. The lowest BCUT2D eigenvalue weighted by Gasteiger charge is -2.00. The second-order valence-electron chi connectivity index (χ2n) is 4.04. The Balaban J connectivity index is 2.33. The summed E-state index contributed by atoms with van der Waals surface area (Å²) in [6.45, 7) is 1.75. The highest BCUT2D eigenvalue weighted by molar-refractivity contribution is 7.90. The fourth-order valence-corrected chi connectivity index (χ4v) is 2.18. The van der Waals surface area contributed by atoms with Crippen molar-refractivity contribution in [2.24, 2.45) is 0 Å². The van der Waals surface area contributed by atoms with Crippen LogP contribution in [0.15, 0.2) is 45.7 Å². The Morgan fingerprint density at radius 3 is 2.11 bits per heavy atom. The Morgan fingerprint density at radius 1 is 1.06 bits per heavy atom. The zero-order chi connectivity index (χ0) is 13.3. The molecule has 0 bridgehead atoms. The molecule has 0 radical (unpaired) electrons. The lowest BCUT2D eigenvalue weighted by molar-refractivity contribution is 0.101. The van der Waals surface area contributed by atoms with E-state index in [0.717, 1.165) is 6.26 Å². The molecule has 0 saturated carbocycles. The van der Waals surface area contributed by atoms with E-state index < -0.39 is 9.84 Å². The molecule has 0 fully saturated rings. The molecule has 0 amide bonds. The molecular formula is C13H12O4S. The van der Waals surface area contributed by atoms with Crippen molar-refractivity contribution in [2.45, 2.75) is 11.8 Å². The first kappa shape index (κ1) is 12.6. The van der Waals surface area contributed by atoms with Gasteiger partial charge in [0.2, 0.25) is 5.78 Å². The van der Waals surface area contributed by atoms with E-state index >= 15 is 0 Å². The fraction of sp³-hybridized carbons (Fsp3) is 0.154. The van der Waals surface area contributed by atoms with E-state index in [9.17, 15) is 13.2 Å². The lowest BCUT2D eigenvalue weighted by Crippen LogP contribution is -2.01.